The fourth-order valence-corrected chi connectivity index (χ4v) is 1.68. The van der Waals surface area contributed by atoms with Crippen LogP contribution < -0.4 is 5.32 Å². The monoisotopic (exact) mass is 231 g/mol. The number of anilines is 1. The van der Waals surface area contributed by atoms with Crippen molar-refractivity contribution in [3.8, 4) is 0 Å². The third-order valence-corrected chi connectivity index (χ3v) is 2.69. The maximum Gasteiger partial charge on any atom is 0.171 e. The van der Waals surface area contributed by atoms with Crippen molar-refractivity contribution in [3.05, 3.63) is 17.5 Å². The van der Waals surface area contributed by atoms with Gasteiger partial charge in [0.05, 0.1) is 0 Å². The summed E-state index contributed by atoms with van der Waals surface area (Å²) >= 11 is 7.69. The molecular weight excluding hydrogens is 218 g/mol. The summed E-state index contributed by atoms with van der Waals surface area (Å²) in [6.07, 6.45) is 7.68. The molecule has 0 spiro atoms. The minimum atomic E-state index is 0.442. The molecule has 3 nitrogen and oxygen atoms in total. The van der Waals surface area contributed by atoms with E-state index in [0.717, 1.165) is 13.0 Å². The molecule has 1 N–H and O–H groups in total. The van der Waals surface area contributed by atoms with Gasteiger partial charge in [-0.05, 0) is 24.9 Å². The lowest BCUT2D eigenvalue weighted by Gasteiger charge is -2.05. The van der Waals surface area contributed by atoms with Crippen LogP contribution in [0.3, 0.4) is 0 Å². The summed E-state index contributed by atoms with van der Waals surface area (Å²) in [6.45, 7) is 0.902. The van der Waals surface area contributed by atoms with Crippen LogP contribution in [0.15, 0.2) is 12.4 Å². The van der Waals surface area contributed by atoms with Crippen molar-refractivity contribution in [2.24, 2.45) is 0 Å². The Morgan fingerprint density at radius 2 is 2.14 bits per heavy atom. The van der Waals surface area contributed by atoms with Crippen LogP contribution in [0.25, 0.3) is 0 Å². The van der Waals surface area contributed by atoms with Crippen LogP contribution in [0.5, 0.6) is 0 Å². The first-order valence-corrected chi connectivity index (χ1v) is 6.31. The molecule has 0 atom stereocenters. The molecular formula is C9H14ClN3S. The summed E-state index contributed by atoms with van der Waals surface area (Å²) in [5.74, 6) is 1.88. The van der Waals surface area contributed by atoms with Crippen LogP contribution >= 0.6 is 23.4 Å². The van der Waals surface area contributed by atoms with Gasteiger partial charge in [-0.25, -0.2) is 9.97 Å². The van der Waals surface area contributed by atoms with E-state index < -0.39 is 0 Å². The van der Waals surface area contributed by atoms with E-state index in [1.54, 1.807) is 12.4 Å². The second-order valence-electron chi connectivity index (χ2n) is 2.82. The number of halogens is 1. The van der Waals surface area contributed by atoms with E-state index in [9.17, 15) is 0 Å². The van der Waals surface area contributed by atoms with Crippen molar-refractivity contribution in [1.29, 1.82) is 0 Å². The van der Waals surface area contributed by atoms with Gasteiger partial charge in [-0.15, -0.1) is 0 Å². The molecule has 0 fully saturated rings. The number of thioether (sulfide) groups is 1. The molecule has 1 aromatic rings. The first-order chi connectivity index (χ1) is 6.84. The van der Waals surface area contributed by atoms with Crippen molar-refractivity contribution < 1.29 is 0 Å². The zero-order valence-electron chi connectivity index (χ0n) is 8.16. The highest BCUT2D eigenvalue weighted by Crippen LogP contribution is 2.13. The first kappa shape index (κ1) is 11.6. The van der Waals surface area contributed by atoms with E-state index in [4.69, 9.17) is 11.6 Å². The molecule has 0 saturated carbocycles. The fraction of sp³-hybridized carbons (Fsp3) is 0.556. The van der Waals surface area contributed by atoms with E-state index in [1.807, 2.05) is 11.8 Å². The SMILES string of the molecule is CSCCCCNc1nccnc1Cl. The molecule has 78 valence electrons. The van der Waals surface area contributed by atoms with Gasteiger partial charge in [0, 0.05) is 18.9 Å². The Morgan fingerprint density at radius 3 is 2.86 bits per heavy atom. The second kappa shape index (κ2) is 6.90. The van der Waals surface area contributed by atoms with E-state index >= 15 is 0 Å². The summed E-state index contributed by atoms with van der Waals surface area (Å²) in [5, 5.41) is 3.60. The Bertz CT molecular complexity index is 270. The molecule has 1 rings (SSSR count). The molecule has 14 heavy (non-hydrogen) atoms. The largest absolute Gasteiger partial charge is 0.368 e. The third-order valence-electron chi connectivity index (χ3n) is 1.72. The van der Waals surface area contributed by atoms with Gasteiger partial charge in [0.25, 0.3) is 0 Å². The first-order valence-electron chi connectivity index (χ1n) is 4.54. The average molecular weight is 232 g/mol. The molecule has 5 heteroatoms. The summed E-state index contributed by atoms with van der Waals surface area (Å²) < 4.78 is 0. The molecule has 1 heterocycles. The lowest BCUT2D eigenvalue weighted by atomic mass is 10.3. The Kier molecular flexibility index (Phi) is 5.71. The lowest BCUT2D eigenvalue weighted by Crippen LogP contribution is -2.04. The molecule has 0 aliphatic rings. The van der Waals surface area contributed by atoms with Crippen LogP contribution in [0.2, 0.25) is 5.15 Å². The minimum absolute atomic E-state index is 0.442. The smallest absolute Gasteiger partial charge is 0.171 e. The van der Waals surface area contributed by atoms with Crippen LogP contribution in [0.4, 0.5) is 5.82 Å². The summed E-state index contributed by atoms with van der Waals surface area (Å²) in [7, 11) is 0. The fourth-order valence-electron chi connectivity index (χ4n) is 1.02. The van der Waals surface area contributed by atoms with Crippen LogP contribution in [0.1, 0.15) is 12.8 Å². The van der Waals surface area contributed by atoms with Gasteiger partial charge >= 0.3 is 0 Å². The van der Waals surface area contributed by atoms with E-state index in [1.165, 1.54) is 12.2 Å². The van der Waals surface area contributed by atoms with Crippen molar-refractivity contribution in [1.82, 2.24) is 9.97 Å². The van der Waals surface area contributed by atoms with Gasteiger partial charge in [-0.1, -0.05) is 11.6 Å². The molecule has 0 radical (unpaired) electrons. The normalized spacial score (nSPS) is 10.1. The number of nitrogens with zero attached hydrogens (tertiary/aromatic N) is 2. The van der Waals surface area contributed by atoms with E-state index in [0.29, 0.717) is 11.0 Å². The molecule has 0 aliphatic heterocycles. The summed E-state index contributed by atoms with van der Waals surface area (Å²) in [5.41, 5.74) is 0. The zero-order chi connectivity index (χ0) is 10.2. The average Bonchev–Trinajstić information content (AvgIpc) is 2.20. The van der Waals surface area contributed by atoms with Gasteiger partial charge in [0.2, 0.25) is 0 Å². The molecule has 1 aromatic heterocycles. The van der Waals surface area contributed by atoms with Crippen molar-refractivity contribution >= 4 is 29.2 Å². The number of rotatable bonds is 6. The highest BCUT2D eigenvalue weighted by molar-refractivity contribution is 7.98. The van der Waals surface area contributed by atoms with Crippen molar-refractivity contribution in [2.45, 2.75) is 12.8 Å². The Morgan fingerprint density at radius 1 is 1.36 bits per heavy atom. The van der Waals surface area contributed by atoms with E-state index in [2.05, 4.69) is 21.5 Å². The Labute approximate surface area is 93.7 Å². The number of hydrogen-bond donors (Lipinski definition) is 1. The molecule has 0 saturated heterocycles. The Hall–Kier alpha value is -0.480. The number of aromatic nitrogens is 2. The standard InChI is InChI=1S/C9H14ClN3S/c1-14-7-3-2-4-12-9-8(10)11-5-6-13-9/h5-6H,2-4,7H2,1H3,(H,12,13). The molecule has 0 bridgehead atoms. The van der Waals surface area contributed by atoms with Gasteiger partial charge < -0.3 is 5.32 Å². The van der Waals surface area contributed by atoms with Crippen LogP contribution in [-0.4, -0.2) is 28.5 Å². The maximum absolute atomic E-state index is 5.82. The van der Waals surface area contributed by atoms with Gasteiger partial charge in [-0.2, -0.15) is 11.8 Å². The van der Waals surface area contributed by atoms with Crippen LogP contribution in [-0.2, 0) is 0 Å². The molecule has 0 unspecified atom stereocenters. The van der Waals surface area contributed by atoms with Gasteiger partial charge in [0.15, 0.2) is 11.0 Å². The number of hydrogen-bond acceptors (Lipinski definition) is 4. The summed E-state index contributed by atoms with van der Waals surface area (Å²) in [4.78, 5) is 8.02. The van der Waals surface area contributed by atoms with Crippen LogP contribution in [0, 0.1) is 0 Å². The highest BCUT2D eigenvalue weighted by Gasteiger charge is 1.99. The minimum Gasteiger partial charge on any atom is -0.368 e. The van der Waals surface area contributed by atoms with Gasteiger partial charge in [-0.3, -0.25) is 0 Å². The molecule has 0 aliphatic carbocycles. The molecule has 0 amide bonds. The van der Waals surface area contributed by atoms with Crippen molar-refractivity contribution in [2.75, 3.05) is 23.9 Å². The van der Waals surface area contributed by atoms with Gasteiger partial charge in [0.1, 0.15) is 0 Å². The number of unbranched alkanes of at least 4 members (excludes halogenated alkanes) is 1. The number of nitrogens with one attached hydrogen (secondary N) is 1. The lowest BCUT2D eigenvalue weighted by molar-refractivity contribution is 0.839. The third kappa shape index (κ3) is 4.15. The predicted octanol–water partition coefficient (Wildman–Crippen LogP) is 2.69. The summed E-state index contributed by atoms with van der Waals surface area (Å²) in [6, 6.07) is 0. The highest BCUT2D eigenvalue weighted by atomic mass is 35.5. The maximum atomic E-state index is 5.82. The topological polar surface area (TPSA) is 37.8 Å². The predicted molar refractivity (Wildman–Crippen MR) is 63.1 cm³/mol. The quantitative estimate of drug-likeness (QED) is 0.764. The zero-order valence-corrected chi connectivity index (χ0v) is 9.74. The Balaban J connectivity index is 2.21. The van der Waals surface area contributed by atoms with E-state index in [-0.39, 0.29) is 0 Å². The second-order valence-corrected chi connectivity index (χ2v) is 4.17. The van der Waals surface area contributed by atoms with Crippen molar-refractivity contribution in [3.63, 3.8) is 0 Å². The molecule has 0 aromatic carbocycles.